The van der Waals surface area contributed by atoms with Crippen molar-refractivity contribution in [3.63, 3.8) is 0 Å². The van der Waals surface area contributed by atoms with Gasteiger partial charge in [-0.25, -0.2) is 4.98 Å². The van der Waals surface area contributed by atoms with Crippen LogP contribution in [-0.2, 0) is 0 Å². The van der Waals surface area contributed by atoms with Crippen LogP contribution in [0, 0.1) is 6.92 Å². The maximum absolute atomic E-state index is 5.24. The molecule has 1 aromatic carbocycles. The van der Waals surface area contributed by atoms with Gasteiger partial charge < -0.3 is 10.6 Å². The largest absolute Gasteiger partial charge is 0.362 e. The van der Waals surface area contributed by atoms with Crippen LogP contribution in [0.3, 0.4) is 0 Å². The first-order valence-electron chi connectivity index (χ1n) is 6.39. The molecule has 0 saturated heterocycles. The zero-order chi connectivity index (χ0) is 14.2. The summed E-state index contributed by atoms with van der Waals surface area (Å²) in [7, 11) is 0. The number of nitrogens with zero attached hydrogens (tertiary/aromatic N) is 1. The molecule has 0 atom stereocenters. The molecule has 0 aliphatic rings. The van der Waals surface area contributed by atoms with Gasteiger partial charge in [-0.1, -0.05) is 18.2 Å². The van der Waals surface area contributed by atoms with E-state index in [0.29, 0.717) is 5.11 Å². The molecule has 0 amide bonds. The zero-order valence-electron chi connectivity index (χ0n) is 11.3. The number of hydrogen-bond donors (Lipinski definition) is 2. The summed E-state index contributed by atoms with van der Waals surface area (Å²) in [5.41, 5.74) is 1.16. The fourth-order valence-corrected chi connectivity index (χ4v) is 2.61. The van der Waals surface area contributed by atoms with Crippen LogP contribution in [0.25, 0.3) is 0 Å². The molecular weight excluding hydrogens is 286 g/mol. The Hall–Kier alpha value is -1.59. The van der Waals surface area contributed by atoms with Gasteiger partial charge in [-0.15, -0.1) is 11.8 Å². The Morgan fingerprint density at radius 3 is 2.80 bits per heavy atom. The van der Waals surface area contributed by atoms with Crippen molar-refractivity contribution in [2.45, 2.75) is 11.8 Å². The number of hydrogen-bond acceptors (Lipinski definition) is 3. The second kappa shape index (κ2) is 7.87. The van der Waals surface area contributed by atoms with E-state index in [1.165, 1.54) is 4.90 Å². The Bertz CT molecular complexity index is 558. The van der Waals surface area contributed by atoms with Crippen molar-refractivity contribution in [3.05, 3.63) is 54.2 Å². The van der Waals surface area contributed by atoms with E-state index >= 15 is 0 Å². The van der Waals surface area contributed by atoms with Crippen LogP contribution in [0.5, 0.6) is 0 Å². The van der Waals surface area contributed by atoms with Gasteiger partial charge in [0.1, 0.15) is 5.82 Å². The lowest BCUT2D eigenvalue weighted by Crippen LogP contribution is -2.30. The second-order valence-corrected chi connectivity index (χ2v) is 5.84. The van der Waals surface area contributed by atoms with E-state index in [0.717, 1.165) is 23.7 Å². The first-order chi connectivity index (χ1) is 9.74. The lowest BCUT2D eigenvalue weighted by Gasteiger charge is -2.10. The van der Waals surface area contributed by atoms with E-state index in [-0.39, 0.29) is 0 Å². The minimum atomic E-state index is 0.608. The van der Waals surface area contributed by atoms with E-state index in [1.807, 2.05) is 37.3 Å². The molecule has 0 bridgehead atoms. The third kappa shape index (κ3) is 5.19. The first kappa shape index (κ1) is 14.8. The highest BCUT2D eigenvalue weighted by atomic mass is 32.2. The fraction of sp³-hybridized carbons (Fsp3) is 0.200. The molecule has 0 radical (unpaired) electrons. The molecule has 2 aromatic rings. The topological polar surface area (TPSA) is 37.0 Å². The highest BCUT2D eigenvalue weighted by molar-refractivity contribution is 7.99. The van der Waals surface area contributed by atoms with Crippen LogP contribution >= 0.6 is 24.0 Å². The van der Waals surface area contributed by atoms with Crippen molar-refractivity contribution in [3.8, 4) is 0 Å². The number of benzene rings is 1. The summed E-state index contributed by atoms with van der Waals surface area (Å²) in [5, 5.41) is 6.87. The van der Waals surface area contributed by atoms with E-state index in [2.05, 4.69) is 27.8 Å². The van der Waals surface area contributed by atoms with Crippen molar-refractivity contribution < 1.29 is 0 Å². The molecule has 20 heavy (non-hydrogen) atoms. The van der Waals surface area contributed by atoms with Crippen LogP contribution in [-0.4, -0.2) is 22.4 Å². The SMILES string of the molecule is Cc1ccnc(NC(=S)NCCSc2ccccc2)c1. The molecule has 0 fully saturated rings. The predicted octanol–water partition coefficient (Wildman–Crippen LogP) is 3.47. The molecule has 0 aliphatic heterocycles. The number of aryl methyl sites for hydroxylation is 1. The first-order valence-corrected chi connectivity index (χ1v) is 7.79. The highest BCUT2D eigenvalue weighted by Crippen LogP contribution is 2.15. The average Bonchev–Trinajstić information content (AvgIpc) is 2.45. The van der Waals surface area contributed by atoms with Crippen LogP contribution in [0.4, 0.5) is 5.82 Å². The van der Waals surface area contributed by atoms with Crippen molar-refractivity contribution in [1.29, 1.82) is 0 Å². The summed E-state index contributed by atoms with van der Waals surface area (Å²) in [6.07, 6.45) is 1.77. The van der Waals surface area contributed by atoms with Gasteiger partial charge in [-0.05, 0) is 49.0 Å². The summed E-state index contributed by atoms with van der Waals surface area (Å²) < 4.78 is 0. The third-order valence-electron chi connectivity index (χ3n) is 2.56. The van der Waals surface area contributed by atoms with E-state index in [4.69, 9.17) is 12.2 Å². The second-order valence-electron chi connectivity index (χ2n) is 4.26. The monoisotopic (exact) mass is 303 g/mol. The highest BCUT2D eigenvalue weighted by Gasteiger charge is 1.99. The summed E-state index contributed by atoms with van der Waals surface area (Å²) in [6.45, 7) is 2.84. The molecule has 2 N–H and O–H groups in total. The molecule has 104 valence electrons. The summed E-state index contributed by atoms with van der Waals surface area (Å²) >= 11 is 7.04. The van der Waals surface area contributed by atoms with Crippen molar-refractivity contribution >= 4 is 34.9 Å². The van der Waals surface area contributed by atoms with Crippen LogP contribution < -0.4 is 10.6 Å². The lowest BCUT2D eigenvalue weighted by atomic mass is 10.3. The van der Waals surface area contributed by atoms with Gasteiger partial charge in [0.25, 0.3) is 0 Å². The van der Waals surface area contributed by atoms with Crippen LogP contribution in [0.2, 0.25) is 0 Å². The zero-order valence-corrected chi connectivity index (χ0v) is 12.9. The number of aromatic nitrogens is 1. The molecule has 0 saturated carbocycles. The maximum atomic E-state index is 5.24. The fourth-order valence-electron chi connectivity index (χ4n) is 1.62. The van der Waals surface area contributed by atoms with Crippen molar-refractivity contribution in [1.82, 2.24) is 10.3 Å². The summed E-state index contributed by atoms with van der Waals surface area (Å²) in [4.78, 5) is 5.48. The smallest absolute Gasteiger partial charge is 0.171 e. The van der Waals surface area contributed by atoms with Gasteiger partial charge >= 0.3 is 0 Å². The van der Waals surface area contributed by atoms with Crippen LogP contribution in [0.15, 0.2) is 53.6 Å². The molecule has 1 heterocycles. The molecule has 5 heteroatoms. The summed E-state index contributed by atoms with van der Waals surface area (Å²) in [6, 6.07) is 14.3. The number of pyridine rings is 1. The molecule has 3 nitrogen and oxygen atoms in total. The molecular formula is C15H17N3S2. The van der Waals surface area contributed by atoms with Gasteiger partial charge in [0.05, 0.1) is 0 Å². The van der Waals surface area contributed by atoms with Gasteiger partial charge in [0, 0.05) is 23.4 Å². The van der Waals surface area contributed by atoms with Gasteiger partial charge in [0.15, 0.2) is 5.11 Å². The average molecular weight is 303 g/mol. The molecule has 0 spiro atoms. The predicted molar refractivity (Wildman–Crippen MR) is 90.4 cm³/mol. The van der Waals surface area contributed by atoms with E-state index in [9.17, 15) is 0 Å². The number of thioether (sulfide) groups is 1. The Morgan fingerprint density at radius 1 is 1.25 bits per heavy atom. The van der Waals surface area contributed by atoms with Crippen molar-refractivity contribution in [2.24, 2.45) is 0 Å². The molecule has 0 aliphatic carbocycles. The quantitative estimate of drug-likeness (QED) is 0.502. The summed E-state index contributed by atoms with van der Waals surface area (Å²) in [5.74, 6) is 1.74. The normalized spacial score (nSPS) is 10.1. The van der Waals surface area contributed by atoms with Gasteiger partial charge in [0.2, 0.25) is 0 Å². The number of rotatable bonds is 5. The number of anilines is 1. The molecule has 1 aromatic heterocycles. The molecule has 2 rings (SSSR count). The minimum Gasteiger partial charge on any atom is -0.362 e. The third-order valence-corrected chi connectivity index (χ3v) is 3.82. The van der Waals surface area contributed by atoms with Gasteiger partial charge in [-0.3, -0.25) is 0 Å². The van der Waals surface area contributed by atoms with E-state index in [1.54, 1.807) is 18.0 Å². The Kier molecular flexibility index (Phi) is 5.83. The van der Waals surface area contributed by atoms with Crippen LogP contribution in [0.1, 0.15) is 5.56 Å². The number of thiocarbonyl (C=S) groups is 1. The number of nitrogens with one attached hydrogen (secondary N) is 2. The molecule has 0 unspecified atom stereocenters. The maximum Gasteiger partial charge on any atom is 0.171 e. The Labute approximate surface area is 129 Å². The standard InChI is InChI=1S/C15H17N3S2/c1-12-7-8-16-14(11-12)18-15(19)17-9-10-20-13-5-3-2-4-6-13/h2-8,11H,9-10H2,1H3,(H2,16,17,18,19). The van der Waals surface area contributed by atoms with E-state index < -0.39 is 0 Å². The Morgan fingerprint density at radius 2 is 2.05 bits per heavy atom. The Balaban J connectivity index is 1.68. The van der Waals surface area contributed by atoms with Gasteiger partial charge in [-0.2, -0.15) is 0 Å². The minimum absolute atomic E-state index is 0.608. The van der Waals surface area contributed by atoms with Crippen molar-refractivity contribution in [2.75, 3.05) is 17.6 Å². The lowest BCUT2D eigenvalue weighted by molar-refractivity contribution is 0.988.